The summed E-state index contributed by atoms with van der Waals surface area (Å²) in [6, 6.07) is 1.94. The molecule has 2 heterocycles. The third-order valence-corrected chi connectivity index (χ3v) is 5.99. The van der Waals surface area contributed by atoms with E-state index in [0.717, 1.165) is 31.4 Å². The van der Waals surface area contributed by atoms with Crippen LogP contribution in [0.1, 0.15) is 58.3 Å². The highest BCUT2D eigenvalue weighted by molar-refractivity contribution is 7.18. The van der Waals surface area contributed by atoms with Crippen molar-refractivity contribution in [1.82, 2.24) is 9.55 Å². The van der Waals surface area contributed by atoms with Gasteiger partial charge in [0.2, 0.25) is 0 Å². The number of thiazole rings is 1. The lowest BCUT2D eigenvalue weighted by Gasteiger charge is -2.14. The highest BCUT2D eigenvalue weighted by Crippen LogP contribution is 2.28. The van der Waals surface area contributed by atoms with Crippen molar-refractivity contribution in [2.75, 3.05) is 5.73 Å². The summed E-state index contributed by atoms with van der Waals surface area (Å²) in [5, 5.41) is 0.395. The van der Waals surface area contributed by atoms with Gasteiger partial charge in [-0.05, 0) is 12.5 Å². The molecule has 0 spiro atoms. The summed E-state index contributed by atoms with van der Waals surface area (Å²) < 4.78 is 30.1. The maximum atomic E-state index is 14.5. The second-order valence-corrected chi connectivity index (χ2v) is 8.45. The van der Waals surface area contributed by atoms with E-state index in [-0.39, 0.29) is 10.9 Å². The van der Waals surface area contributed by atoms with Crippen molar-refractivity contribution >= 4 is 27.4 Å². The van der Waals surface area contributed by atoms with Gasteiger partial charge in [0.15, 0.2) is 16.4 Å². The Labute approximate surface area is 173 Å². The first-order valence-corrected chi connectivity index (χ1v) is 11.1. The lowest BCUT2D eigenvalue weighted by atomic mass is 10.1. The smallest absolute Gasteiger partial charge is 0.198 e. The lowest BCUT2D eigenvalue weighted by Crippen LogP contribution is -2.13. The number of hydrogen-bond donors (Lipinski definition) is 1. The molecule has 0 aliphatic carbocycles. The predicted molar refractivity (Wildman–Crippen MR) is 116 cm³/mol. The van der Waals surface area contributed by atoms with E-state index >= 15 is 0 Å². The van der Waals surface area contributed by atoms with Gasteiger partial charge in [0.1, 0.15) is 5.82 Å². The van der Waals surface area contributed by atoms with E-state index in [1.54, 1.807) is 10.8 Å². The van der Waals surface area contributed by atoms with Gasteiger partial charge < -0.3 is 10.3 Å². The van der Waals surface area contributed by atoms with Gasteiger partial charge in [-0.15, -0.1) is 0 Å². The third kappa shape index (κ3) is 5.21. The van der Waals surface area contributed by atoms with Crippen molar-refractivity contribution in [3.8, 4) is 10.4 Å². The molecule has 0 fully saturated rings. The van der Waals surface area contributed by atoms with Crippen LogP contribution >= 0.6 is 11.3 Å². The topological polar surface area (TPSA) is 60.9 Å². The molecule has 0 bridgehead atoms. The zero-order chi connectivity index (χ0) is 20.8. The largest absolute Gasteiger partial charge is 0.375 e. The van der Waals surface area contributed by atoms with E-state index in [9.17, 15) is 13.6 Å². The summed E-state index contributed by atoms with van der Waals surface area (Å²) in [6.45, 7) is 2.77. The number of aromatic nitrogens is 2. The van der Waals surface area contributed by atoms with Gasteiger partial charge in [0.25, 0.3) is 0 Å². The highest BCUT2D eigenvalue weighted by atomic mass is 32.1. The number of hydrogen-bond acceptors (Lipinski definition) is 4. The summed E-state index contributed by atoms with van der Waals surface area (Å²) in [4.78, 5) is 17.5. The Morgan fingerprint density at radius 2 is 1.76 bits per heavy atom. The number of benzene rings is 1. The summed E-state index contributed by atoms with van der Waals surface area (Å²) in [5.41, 5.74) is 5.82. The van der Waals surface area contributed by atoms with Crippen LogP contribution < -0.4 is 11.2 Å². The van der Waals surface area contributed by atoms with Gasteiger partial charge in [-0.1, -0.05) is 63.2 Å². The molecule has 0 aliphatic heterocycles. The number of nitrogen functional groups attached to an aromatic ring is 1. The maximum absolute atomic E-state index is 14.5. The molecule has 2 aromatic heterocycles. The van der Waals surface area contributed by atoms with Crippen molar-refractivity contribution in [3.05, 3.63) is 46.4 Å². The van der Waals surface area contributed by atoms with E-state index in [0.29, 0.717) is 22.1 Å². The maximum Gasteiger partial charge on any atom is 0.198 e. The zero-order valence-electron chi connectivity index (χ0n) is 16.7. The fourth-order valence-electron chi connectivity index (χ4n) is 3.64. The van der Waals surface area contributed by atoms with Crippen LogP contribution in [0.5, 0.6) is 0 Å². The quantitative estimate of drug-likeness (QED) is 0.402. The number of nitrogens with two attached hydrogens (primary N) is 1. The van der Waals surface area contributed by atoms with Crippen molar-refractivity contribution in [2.24, 2.45) is 0 Å². The average Bonchev–Trinajstić information content (AvgIpc) is 3.11. The average molecular weight is 420 g/mol. The highest BCUT2D eigenvalue weighted by Gasteiger charge is 2.17. The normalized spacial score (nSPS) is 11.4. The Morgan fingerprint density at radius 1 is 1.07 bits per heavy atom. The Balaban J connectivity index is 1.83. The van der Waals surface area contributed by atoms with Crippen molar-refractivity contribution in [2.45, 2.75) is 64.8 Å². The SMILES string of the molecule is CCCCCCCCCCn1cc(-c2cnc(N)s2)c(=O)c2cc(F)cc(F)c21. The molecule has 1 aromatic carbocycles. The van der Waals surface area contributed by atoms with Gasteiger partial charge >= 0.3 is 0 Å². The fraction of sp³-hybridized carbons (Fsp3) is 0.455. The number of fused-ring (bicyclic) bond motifs is 1. The molecule has 7 heteroatoms. The van der Waals surface area contributed by atoms with E-state index in [1.807, 2.05) is 0 Å². The molecule has 0 saturated carbocycles. The Kier molecular flexibility index (Phi) is 7.36. The number of unbranched alkanes of at least 4 members (excludes halogenated alkanes) is 7. The van der Waals surface area contributed by atoms with Crippen LogP contribution in [-0.2, 0) is 6.54 Å². The van der Waals surface area contributed by atoms with Crippen molar-refractivity contribution < 1.29 is 8.78 Å². The minimum absolute atomic E-state index is 0.0477. The molecule has 3 rings (SSSR count). The first-order valence-electron chi connectivity index (χ1n) is 10.2. The Hall–Kier alpha value is -2.28. The number of anilines is 1. The lowest BCUT2D eigenvalue weighted by molar-refractivity contribution is 0.541. The van der Waals surface area contributed by atoms with Crippen LogP contribution in [0.3, 0.4) is 0 Å². The molecular weight excluding hydrogens is 392 g/mol. The van der Waals surface area contributed by atoms with Crippen LogP contribution in [0.15, 0.2) is 29.3 Å². The second-order valence-electron chi connectivity index (χ2n) is 7.39. The molecule has 0 aliphatic rings. The van der Waals surface area contributed by atoms with Crippen LogP contribution in [0.4, 0.5) is 13.9 Å². The van der Waals surface area contributed by atoms with E-state index in [4.69, 9.17) is 5.73 Å². The molecule has 156 valence electrons. The number of aryl methyl sites for hydroxylation is 1. The summed E-state index contributed by atoms with van der Waals surface area (Å²) in [5.74, 6) is -1.47. The van der Waals surface area contributed by atoms with Gasteiger partial charge in [0.05, 0.1) is 21.3 Å². The molecular formula is C22H27F2N3OS. The molecule has 0 radical (unpaired) electrons. The van der Waals surface area contributed by atoms with E-state index < -0.39 is 17.1 Å². The molecule has 3 aromatic rings. The molecule has 0 atom stereocenters. The third-order valence-electron chi connectivity index (χ3n) is 5.13. The van der Waals surface area contributed by atoms with Crippen LogP contribution in [0.2, 0.25) is 0 Å². The van der Waals surface area contributed by atoms with Crippen LogP contribution in [-0.4, -0.2) is 9.55 Å². The molecule has 2 N–H and O–H groups in total. The molecule has 0 unspecified atom stereocenters. The Morgan fingerprint density at radius 3 is 2.41 bits per heavy atom. The number of pyridine rings is 1. The molecule has 29 heavy (non-hydrogen) atoms. The van der Waals surface area contributed by atoms with Gasteiger partial charge in [0, 0.05) is 25.0 Å². The fourth-order valence-corrected chi connectivity index (χ4v) is 4.33. The minimum Gasteiger partial charge on any atom is -0.375 e. The molecule has 0 saturated heterocycles. The first-order chi connectivity index (χ1) is 14.0. The van der Waals surface area contributed by atoms with E-state index in [2.05, 4.69) is 11.9 Å². The standard InChI is InChI=1S/C22H27F2N3OS/c1-2-3-4-5-6-7-8-9-10-27-14-17(19-13-26-22(25)29-19)21(28)16-11-15(23)12-18(24)20(16)27/h11-14H,2-10H2,1H3,(H2,25,26). The summed E-state index contributed by atoms with van der Waals surface area (Å²) >= 11 is 1.19. The van der Waals surface area contributed by atoms with Gasteiger partial charge in [-0.3, -0.25) is 4.79 Å². The summed E-state index contributed by atoms with van der Waals surface area (Å²) in [6.07, 6.45) is 12.5. The monoisotopic (exact) mass is 419 g/mol. The van der Waals surface area contributed by atoms with Crippen LogP contribution in [0.25, 0.3) is 21.3 Å². The molecule has 0 amide bonds. The van der Waals surface area contributed by atoms with Crippen molar-refractivity contribution in [3.63, 3.8) is 0 Å². The predicted octanol–water partition coefficient (Wildman–Crippen LogP) is 6.13. The first kappa shape index (κ1) is 21.4. The van der Waals surface area contributed by atoms with E-state index in [1.165, 1.54) is 49.6 Å². The number of halogens is 2. The number of rotatable bonds is 10. The minimum atomic E-state index is -0.758. The number of nitrogens with zero attached hydrogens (tertiary/aromatic N) is 2. The molecule has 4 nitrogen and oxygen atoms in total. The second kappa shape index (κ2) is 9.96. The Bertz CT molecular complexity index is 1030. The summed E-state index contributed by atoms with van der Waals surface area (Å²) in [7, 11) is 0. The van der Waals surface area contributed by atoms with Gasteiger partial charge in [-0.2, -0.15) is 0 Å². The van der Waals surface area contributed by atoms with Crippen LogP contribution in [0, 0.1) is 11.6 Å². The van der Waals surface area contributed by atoms with Crippen molar-refractivity contribution in [1.29, 1.82) is 0 Å². The zero-order valence-corrected chi connectivity index (χ0v) is 17.5. The van der Waals surface area contributed by atoms with Gasteiger partial charge in [-0.25, -0.2) is 13.8 Å².